The van der Waals surface area contributed by atoms with Gasteiger partial charge in [-0.15, -0.1) is 0 Å². The van der Waals surface area contributed by atoms with Crippen LogP contribution in [0.3, 0.4) is 0 Å². The molecular weight excluding hydrogens is 716 g/mol. The van der Waals surface area contributed by atoms with Crippen molar-refractivity contribution in [1.29, 1.82) is 0 Å². The number of hydrogen-bond donors (Lipinski definition) is 1. The molecule has 12 nitrogen and oxygen atoms in total. The minimum absolute atomic E-state index is 0.135. The molecule has 4 aromatic heterocycles. The molecule has 55 heavy (non-hydrogen) atoms. The number of ether oxygens (including phenoxy) is 1. The van der Waals surface area contributed by atoms with E-state index in [2.05, 4.69) is 55.9 Å². The van der Waals surface area contributed by atoms with Crippen molar-refractivity contribution in [2.24, 2.45) is 14.1 Å². The highest BCUT2D eigenvalue weighted by molar-refractivity contribution is 6.28. The molecular formula is C42H49ClN8O4. The van der Waals surface area contributed by atoms with Gasteiger partial charge in [0.1, 0.15) is 24.2 Å². The van der Waals surface area contributed by atoms with E-state index in [1.54, 1.807) is 50.8 Å². The molecule has 6 aromatic rings. The summed E-state index contributed by atoms with van der Waals surface area (Å²) in [6.07, 6.45) is 18.4. The van der Waals surface area contributed by atoms with E-state index < -0.39 is 0 Å². The molecule has 13 heteroatoms. The molecule has 288 valence electrons. The summed E-state index contributed by atoms with van der Waals surface area (Å²) in [6.45, 7) is 4.44. The number of phenolic OH excluding ortho intramolecular Hbond substituents is 1. The topological polar surface area (TPSA) is 151 Å². The molecule has 2 aromatic carbocycles. The van der Waals surface area contributed by atoms with Gasteiger partial charge in [0, 0.05) is 38.6 Å². The molecule has 0 spiro atoms. The third-order valence-corrected chi connectivity index (χ3v) is 8.91. The van der Waals surface area contributed by atoms with Gasteiger partial charge in [0.2, 0.25) is 5.28 Å². The summed E-state index contributed by atoms with van der Waals surface area (Å²) in [5, 5.41) is 9.20. The van der Waals surface area contributed by atoms with Gasteiger partial charge in [-0.25, -0.2) is 24.9 Å². The average molecular weight is 765 g/mol. The second kappa shape index (κ2) is 22.5. The summed E-state index contributed by atoms with van der Waals surface area (Å²) in [4.78, 5) is 48.0. The highest BCUT2D eigenvalue weighted by Crippen LogP contribution is 2.22. The second-order valence-corrected chi connectivity index (χ2v) is 13.2. The Morgan fingerprint density at radius 2 is 1.11 bits per heavy atom. The molecule has 0 unspecified atom stereocenters. The van der Waals surface area contributed by atoms with E-state index in [1.807, 2.05) is 24.3 Å². The minimum Gasteiger partial charge on any atom is -0.508 e. The van der Waals surface area contributed by atoms with Crippen LogP contribution >= 0.6 is 11.6 Å². The monoisotopic (exact) mass is 764 g/mol. The molecule has 0 radical (unpaired) electrons. The van der Waals surface area contributed by atoms with E-state index in [1.165, 1.54) is 96.4 Å². The van der Waals surface area contributed by atoms with Crippen LogP contribution in [0.2, 0.25) is 5.28 Å². The predicted molar refractivity (Wildman–Crippen MR) is 216 cm³/mol. The van der Waals surface area contributed by atoms with Crippen LogP contribution in [0.1, 0.15) is 76.3 Å². The van der Waals surface area contributed by atoms with Crippen molar-refractivity contribution in [3.63, 3.8) is 0 Å². The third-order valence-electron chi connectivity index (χ3n) is 8.57. The quantitative estimate of drug-likeness (QED) is 0.0844. The maximum atomic E-state index is 12.2. The minimum atomic E-state index is -0.219. The van der Waals surface area contributed by atoms with Crippen molar-refractivity contribution < 1.29 is 9.84 Å². The van der Waals surface area contributed by atoms with Crippen LogP contribution < -0.4 is 15.9 Å². The van der Waals surface area contributed by atoms with Crippen LogP contribution in [0, 0.1) is 0 Å². The van der Waals surface area contributed by atoms with Gasteiger partial charge in [-0.3, -0.25) is 18.7 Å². The number of aryl methyl sites for hydroxylation is 2. The number of rotatable bonds is 14. The van der Waals surface area contributed by atoms with E-state index >= 15 is 0 Å². The second-order valence-electron chi connectivity index (χ2n) is 12.9. The lowest BCUT2D eigenvalue weighted by molar-refractivity contribution is 0.413. The fourth-order valence-corrected chi connectivity index (χ4v) is 5.45. The summed E-state index contributed by atoms with van der Waals surface area (Å²) in [7, 11) is 3.19. The molecule has 4 heterocycles. The zero-order valence-electron chi connectivity index (χ0n) is 31.9. The fraction of sp³-hybridized carbons (Fsp3) is 0.333. The SMILES string of the molecule is CCCCCCc1ccc(O)cc1.CCCCCCc1ccc(Oc2nc(-c3ccncn3)cc(=O)n2C)cc1.Cn1c(Cl)nc(-c2ccncn2)cc1=O. The van der Waals surface area contributed by atoms with Gasteiger partial charge in [0.15, 0.2) is 0 Å². The maximum absolute atomic E-state index is 12.2. The lowest BCUT2D eigenvalue weighted by Gasteiger charge is -2.11. The highest BCUT2D eigenvalue weighted by Gasteiger charge is 2.11. The van der Waals surface area contributed by atoms with E-state index in [0.29, 0.717) is 34.3 Å². The zero-order chi connectivity index (χ0) is 39.4. The first kappa shape index (κ1) is 42.0. The van der Waals surface area contributed by atoms with Crippen LogP contribution in [0.5, 0.6) is 17.5 Å². The van der Waals surface area contributed by atoms with Crippen LogP contribution in [0.25, 0.3) is 22.8 Å². The Bertz CT molecular complexity index is 2150. The summed E-state index contributed by atoms with van der Waals surface area (Å²) in [6, 6.07) is 21.9. The standard InChI is InChI=1S/C21H24N4O2.C12H18O.C9H7ClN4O/c1-3-4-5-6-7-16-8-10-17(11-9-16)27-21-24-19(14-20(26)25(21)2)18-12-13-22-15-23-18;1-2-3-4-5-6-11-7-9-12(13)10-8-11;1-14-8(15)4-7(13-9(14)10)6-2-3-11-5-12-6/h8-15H,3-7H2,1-2H3;7-10,13H,2-6H2,1H3;2-5H,1H3. The number of phenols is 1. The molecule has 0 aliphatic carbocycles. The van der Waals surface area contributed by atoms with Gasteiger partial charge in [0.05, 0.1) is 22.8 Å². The summed E-state index contributed by atoms with van der Waals surface area (Å²) >= 11 is 5.78. The van der Waals surface area contributed by atoms with E-state index in [9.17, 15) is 9.59 Å². The molecule has 6 rings (SSSR count). The summed E-state index contributed by atoms with van der Waals surface area (Å²) in [5.74, 6) is 1.01. The lowest BCUT2D eigenvalue weighted by Crippen LogP contribution is -2.19. The Morgan fingerprint density at radius 1 is 0.618 bits per heavy atom. The average Bonchev–Trinajstić information content (AvgIpc) is 3.21. The van der Waals surface area contributed by atoms with Crippen molar-refractivity contribution in [1.82, 2.24) is 39.0 Å². The first-order valence-electron chi connectivity index (χ1n) is 18.6. The maximum Gasteiger partial charge on any atom is 0.305 e. The zero-order valence-corrected chi connectivity index (χ0v) is 32.7. The highest BCUT2D eigenvalue weighted by atomic mass is 35.5. The molecule has 0 fully saturated rings. The van der Waals surface area contributed by atoms with E-state index in [0.717, 1.165) is 12.8 Å². The van der Waals surface area contributed by atoms with Crippen molar-refractivity contribution in [3.8, 4) is 40.3 Å². The smallest absolute Gasteiger partial charge is 0.305 e. The van der Waals surface area contributed by atoms with Gasteiger partial charge < -0.3 is 9.84 Å². The van der Waals surface area contributed by atoms with Gasteiger partial charge >= 0.3 is 6.01 Å². The Kier molecular flexibility index (Phi) is 17.2. The van der Waals surface area contributed by atoms with Crippen molar-refractivity contribution in [2.45, 2.75) is 78.1 Å². The lowest BCUT2D eigenvalue weighted by atomic mass is 10.1. The Labute approximate surface area is 327 Å². The predicted octanol–water partition coefficient (Wildman–Crippen LogP) is 8.56. The molecule has 0 saturated carbocycles. The molecule has 0 aliphatic rings. The van der Waals surface area contributed by atoms with E-state index in [4.69, 9.17) is 21.4 Å². The Balaban J connectivity index is 0.000000202. The van der Waals surface area contributed by atoms with Gasteiger partial charge in [0.25, 0.3) is 11.1 Å². The van der Waals surface area contributed by atoms with Gasteiger partial charge in [-0.1, -0.05) is 76.6 Å². The number of aromatic hydroxyl groups is 1. The first-order valence-corrected chi connectivity index (χ1v) is 18.9. The first-order chi connectivity index (χ1) is 26.7. The van der Waals surface area contributed by atoms with E-state index in [-0.39, 0.29) is 22.4 Å². The van der Waals surface area contributed by atoms with Crippen LogP contribution in [0.4, 0.5) is 0 Å². The van der Waals surface area contributed by atoms with Crippen molar-refractivity contribution >= 4 is 11.6 Å². The summed E-state index contributed by atoms with van der Waals surface area (Å²) in [5.41, 5.74) is 4.25. The number of halogens is 1. The molecule has 0 amide bonds. The molecule has 1 N–H and O–H groups in total. The van der Waals surface area contributed by atoms with Crippen LogP contribution in [0.15, 0.2) is 107 Å². The number of hydrogen-bond acceptors (Lipinski definition) is 10. The Hall–Kier alpha value is -5.75. The van der Waals surface area contributed by atoms with Crippen molar-refractivity contribution in [2.75, 3.05) is 0 Å². The number of aromatic nitrogens is 8. The normalized spacial score (nSPS) is 10.5. The molecule has 0 bridgehead atoms. The van der Waals surface area contributed by atoms with Crippen molar-refractivity contribution in [3.05, 3.63) is 135 Å². The molecule has 0 saturated heterocycles. The van der Waals surface area contributed by atoms with Gasteiger partial charge in [-0.2, -0.15) is 4.98 Å². The van der Waals surface area contributed by atoms with Crippen LogP contribution in [-0.4, -0.2) is 44.1 Å². The van der Waals surface area contributed by atoms with Gasteiger partial charge in [-0.05, 0) is 84.8 Å². The molecule has 0 aliphatic heterocycles. The molecule has 0 atom stereocenters. The van der Waals surface area contributed by atoms with Crippen LogP contribution in [-0.2, 0) is 26.9 Å². The number of unbranched alkanes of at least 4 members (excludes halogenated alkanes) is 6. The number of benzene rings is 2. The third kappa shape index (κ3) is 13.9. The number of nitrogens with zero attached hydrogens (tertiary/aromatic N) is 8. The fourth-order valence-electron chi connectivity index (χ4n) is 5.27. The Morgan fingerprint density at radius 3 is 1.58 bits per heavy atom. The summed E-state index contributed by atoms with van der Waals surface area (Å²) < 4.78 is 8.49. The largest absolute Gasteiger partial charge is 0.508 e.